The van der Waals surface area contributed by atoms with Gasteiger partial charge in [-0.3, -0.25) is 9.59 Å². The van der Waals surface area contributed by atoms with Crippen molar-refractivity contribution in [3.63, 3.8) is 0 Å². The van der Waals surface area contributed by atoms with Gasteiger partial charge in [0, 0.05) is 25.3 Å². The Bertz CT molecular complexity index is 1050. The van der Waals surface area contributed by atoms with E-state index in [-0.39, 0.29) is 5.91 Å². The second-order valence-electron chi connectivity index (χ2n) is 5.97. The van der Waals surface area contributed by atoms with Gasteiger partial charge in [0.1, 0.15) is 0 Å². The average Bonchev–Trinajstić information content (AvgIpc) is 2.68. The van der Waals surface area contributed by atoms with Crippen molar-refractivity contribution >= 4 is 16.8 Å². The molecule has 0 saturated carbocycles. The van der Waals surface area contributed by atoms with Crippen molar-refractivity contribution in [1.82, 2.24) is 14.9 Å². The molecule has 0 bridgehead atoms. The van der Waals surface area contributed by atoms with Crippen molar-refractivity contribution in [1.29, 1.82) is 0 Å². The zero-order chi connectivity index (χ0) is 19.2. The summed E-state index contributed by atoms with van der Waals surface area (Å²) in [4.78, 5) is 40.1. The molecular formula is C20H21N3O4. The molecule has 0 fully saturated rings. The number of aromatic nitrogens is 2. The molecule has 3 rings (SSSR count). The topological polar surface area (TPSA) is 93.2 Å². The van der Waals surface area contributed by atoms with Crippen LogP contribution in [-0.4, -0.2) is 35.2 Å². The number of ether oxygens (including phenoxy) is 1. The summed E-state index contributed by atoms with van der Waals surface area (Å²) in [5, 5.41) is 3.13. The number of para-hydroxylation sites is 1. The predicted molar refractivity (Wildman–Crippen MR) is 104 cm³/mol. The number of nitrogens with zero attached hydrogens (tertiary/aromatic N) is 1. The maximum Gasteiger partial charge on any atom is 0.333 e. The van der Waals surface area contributed by atoms with Gasteiger partial charge in [0.05, 0.1) is 16.6 Å². The Balaban J connectivity index is 1.88. The Morgan fingerprint density at radius 2 is 1.93 bits per heavy atom. The molecule has 1 amide bonds. The minimum Gasteiger partial charge on any atom is -0.382 e. The van der Waals surface area contributed by atoms with E-state index < -0.39 is 11.2 Å². The third-order valence-electron chi connectivity index (χ3n) is 4.13. The summed E-state index contributed by atoms with van der Waals surface area (Å²) in [7, 11) is 0. The number of carbonyl (C=O) groups is 1. The van der Waals surface area contributed by atoms with Crippen LogP contribution in [0.15, 0.2) is 58.1 Å². The van der Waals surface area contributed by atoms with Crippen LogP contribution in [0.2, 0.25) is 0 Å². The van der Waals surface area contributed by atoms with E-state index in [4.69, 9.17) is 4.74 Å². The zero-order valence-corrected chi connectivity index (χ0v) is 15.0. The lowest BCUT2D eigenvalue weighted by atomic mass is 10.1. The maximum atomic E-state index is 12.7. The van der Waals surface area contributed by atoms with E-state index in [2.05, 4.69) is 10.3 Å². The molecule has 0 aliphatic heterocycles. The first-order valence-corrected chi connectivity index (χ1v) is 8.82. The van der Waals surface area contributed by atoms with E-state index in [0.717, 1.165) is 4.57 Å². The van der Waals surface area contributed by atoms with Gasteiger partial charge < -0.3 is 15.0 Å². The van der Waals surface area contributed by atoms with Gasteiger partial charge in [-0.25, -0.2) is 9.36 Å². The van der Waals surface area contributed by atoms with Crippen molar-refractivity contribution in [2.75, 3.05) is 19.8 Å². The van der Waals surface area contributed by atoms with E-state index in [9.17, 15) is 14.4 Å². The summed E-state index contributed by atoms with van der Waals surface area (Å²) >= 11 is 0. The number of nitrogens with one attached hydrogen (secondary N) is 2. The largest absolute Gasteiger partial charge is 0.382 e. The van der Waals surface area contributed by atoms with Gasteiger partial charge in [0.15, 0.2) is 0 Å². The number of rotatable bonds is 7. The highest BCUT2D eigenvalue weighted by Gasteiger charge is 2.12. The molecule has 0 radical (unpaired) electrons. The zero-order valence-electron chi connectivity index (χ0n) is 15.0. The van der Waals surface area contributed by atoms with Gasteiger partial charge in [-0.05, 0) is 43.7 Å². The highest BCUT2D eigenvalue weighted by molar-refractivity contribution is 5.97. The van der Waals surface area contributed by atoms with Crippen LogP contribution in [-0.2, 0) is 4.74 Å². The number of hydrogen-bond acceptors (Lipinski definition) is 4. The summed E-state index contributed by atoms with van der Waals surface area (Å²) in [6, 6.07) is 13.3. The predicted octanol–water partition coefficient (Wildman–Crippen LogP) is 1.84. The second-order valence-corrected chi connectivity index (χ2v) is 5.97. The van der Waals surface area contributed by atoms with Crippen molar-refractivity contribution in [3.8, 4) is 5.69 Å². The van der Waals surface area contributed by atoms with Crippen LogP contribution < -0.4 is 16.6 Å². The summed E-state index contributed by atoms with van der Waals surface area (Å²) in [6.07, 6.45) is 0.714. The molecule has 1 heterocycles. The van der Waals surface area contributed by atoms with E-state index in [0.29, 0.717) is 48.3 Å². The lowest BCUT2D eigenvalue weighted by Gasteiger charge is -2.08. The molecule has 0 saturated heterocycles. The monoisotopic (exact) mass is 367 g/mol. The van der Waals surface area contributed by atoms with Crippen LogP contribution in [0.3, 0.4) is 0 Å². The van der Waals surface area contributed by atoms with Gasteiger partial charge >= 0.3 is 5.69 Å². The summed E-state index contributed by atoms with van der Waals surface area (Å²) in [5.41, 5.74) is 0.226. The van der Waals surface area contributed by atoms with Gasteiger partial charge in [-0.15, -0.1) is 0 Å². The first kappa shape index (κ1) is 18.6. The number of H-pyrrole nitrogens is 1. The summed E-state index contributed by atoms with van der Waals surface area (Å²) < 4.78 is 6.30. The Kier molecular flexibility index (Phi) is 5.83. The van der Waals surface area contributed by atoms with Gasteiger partial charge in [-0.2, -0.15) is 0 Å². The van der Waals surface area contributed by atoms with Gasteiger partial charge in [0.25, 0.3) is 11.5 Å². The van der Waals surface area contributed by atoms with E-state index in [1.54, 1.807) is 36.4 Å². The lowest BCUT2D eigenvalue weighted by molar-refractivity contribution is 0.0944. The van der Waals surface area contributed by atoms with Gasteiger partial charge in [-0.1, -0.05) is 18.2 Å². The summed E-state index contributed by atoms with van der Waals surface area (Å²) in [5.74, 6) is -0.263. The number of amides is 1. The fourth-order valence-electron chi connectivity index (χ4n) is 2.79. The molecule has 7 nitrogen and oxygen atoms in total. The van der Waals surface area contributed by atoms with Gasteiger partial charge in [0.2, 0.25) is 0 Å². The highest BCUT2D eigenvalue weighted by atomic mass is 16.5. The fourth-order valence-corrected chi connectivity index (χ4v) is 2.79. The van der Waals surface area contributed by atoms with Crippen LogP contribution in [0.4, 0.5) is 0 Å². The second kappa shape index (κ2) is 8.46. The SMILES string of the molecule is CCOCCCNC(=O)c1ccc2c(=O)n(-c3ccccc3)c(=O)[nH]c2c1. The van der Waals surface area contributed by atoms with Crippen LogP contribution in [0.5, 0.6) is 0 Å². The van der Waals surface area contributed by atoms with Crippen LogP contribution in [0.1, 0.15) is 23.7 Å². The van der Waals surface area contributed by atoms with Crippen molar-refractivity contribution in [2.45, 2.75) is 13.3 Å². The third-order valence-corrected chi connectivity index (χ3v) is 4.13. The van der Waals surface area contributed by atoms with E-state index in [1.807, 2.05) is 13.0 Å². The Hall–Kier alpha value is -3.19. The highest BCUT2D eigenvalue weighted by Crippen LogP contribution is 2.10. The molecular weight excluding hydrogens is 346 g/mol. The molecule has 3 aromatic rings. The summed E-state index contributed by atoms with van der Waals surface area (Å²) in [6.45, 7) is 3.64. The first-order chi connectivity index (χ1) is 13.1. The molecule has 140 valence electrons. The molecule has 0 aliphatic carbocycles. The van der Waals surface area contributed by atoms with E-state index >= 15 is 0 Å². The number of benzene rings is 2. The maximum absolute atomic E-state index is 12.7. The Morgan fingerprint density at radius 3 is 2.67 bits per heavy atom. The molecule has 0 aliphatic rings. The molecule has 7 heteroatoms. The van der Waals surface area contributed by atoms with Crippen molar-refractivity contribution in [3.05, 3.63) is 74.9 Å². The molecule has 1 aromatic heterocycles. The molecule has 2 aromatic carbocycles. The third kappa shape index (κ3) is 4.15. The molecule has 0 spiro atoms. The smallest absolute Gasteiger partial charge is 0.333 e. The molecule has 27 heavy (non-hydrogen) atoms. The number of fused-ring (bicyclic) bond motifs is 1. The minimum atomic E-state index is -0.548. The van der Waals surface area contributed by atoms with Crippen LogP contribution >= 0.6 is 0 Å². The number of hydrogen-bond donors (Lipinski definition) is 2. The van der Waals surface area contributed by atoms with E-state index in [1.165, 1.54) is 6.07 Å². The van der Waals surface area contributed by atoms with Crippen molar-refractivity contribution < 1.29 is 9.53 Å². The first-order valence-electron chi connectivity index (χ1n) is 8.82. The standard InChI is InChI=1S/C20H21N3O4/c1-2-27-12-6-11-21-18(24)14-9-10-16-17(13-14)22-20(26)23(19(16)25)15-7-4-3-5-8-15/h3-5,7-10,13H,2,6,11-12H2,1H3,(H,21,24)(H,22,26). The normalized spacial score (nSPS) is 10.9. The minimum absolute atomic E-state index is 0.263. The fraction of sp³-hybridized carbons (Fsp3) is 0.250. The number of aromatic amines is 1. The van der Waals surface area contributed by atoms with Crippen LogP contribution in [0.25, 0.3) is 16.6 Å². The Morgan fingerprint density at radius 1 is 1.15 bits per heavy atom. The Labute approximate surface area is 155 Å². The number of carbonyl (C=O) groups excluding carboxylic acids is 1. The quantitative estimate of drug-likeness (QED) is 0.623. The average molecular weight is 367 g/mol. The lowest BCUT2D eigenvalue weighted by Crippen LogP contribution is -2.33. The van der Waals surface area contributed by atoms with Crippen molar-refractivity contribution in [2.24, 2.45) is 0 Å². The van der Waals surface area contributed by atoms with Crippen LogP contribution in [0, 0.1) is 0 Å². The molecule has 0 atom stereocenters. The molecule has 0 unspecified atom stereocenters. The molecule has 2 N–H and O–H groups in total.